The molecule has 3 aliphatic carbocycles. The SMILES string of the molecule is NC(=O)C1=C(O)CC2C(O)C3C(=C(O)C2(O)C1=O)C(=O)c1c(O)cccc1/C3=C\c1ccc(Cl)cc1. The Morgan fingerprint density at radius 3 is 2.39 bits per heavy atom. The van der Waals surface area contributed by atoms with Crippen LogP contribution in [-0.2, 0) is 9.59 Å². The minimum atomic E-state index is -2.90. The number of allylic oxidation sites excluding steroid dienone is 1. The molecule has 5 rings (SSSR count). The van der Waals surface area contributed by atoms with Gasteiger partial charge >= 0.3 is 0 Å². The van der Waals surface area contributed by atoms with Crippen LogP contribution in [0.25, 0.3) is 11.6 Å². The van der Waals surface area contributed by atoms with Crippen molar-refractivity contribution >= 4 is 40.7 Å². The largest absolute Gasteiger partial charge is 0.511 e. The summed E-state index contributed by atoms with van der Waals surface area (Å²) in [4.78, 5) is 38.5. The normalized spacial score (nSPS) is 28.6. The van der Waals surface area contributed by atoms with Crippen molar-refractivity contribution in [2.24, 2.45) is 17.6 Å². The Labute approximate surface area is 209 Å². The molecule has 0 radical (unpaired) electrons. The van der Waals surface area contributed by atoms with Crippen LogP contribution in [0.5, 0.6) is 5.75 Å². The van der Waals surface area contributed by atoms with Crippen LogP contribution in [0.15, 0.2) is 65.1 Å². The molecule has 10 heteroatoms. The average Bonchev–Trinajstić information content (AvgIpc) is 2.82. The molecule has 3 aliphatic rings. The molecule has 0 aliphatic heterocycles. The van der Waals surface area contributed by atoms with Gasteiger partial charge in [0.1, 0.15) is 22.8 Å². The highest BCUT2D eigenvalue weighted by Crippen LogP contribution is 2.55. The third-order valence-corrected chi connectivity index (χ3v) is 7.34. The van der Waals surface area contributed by atoms with E-state index in [0.717, 1.165) is 0 Å². The summed E-state index contributed by atoms with van der Waals surface area (Å²) in [6, 6.07) is 11.0. The topological polar surface area (TPSA) is 178 Å². The van der Waals surface area contributed by atoms with E-state index in [9.17, 15) is 39.9 Å². The Hall–Kier alpha value is -3.92. The number of fused-ring (bicyclic) bond motifs is 3. The minimum Gasteiger partial charge on any atom is -0.511 e. The highest BCUT2D eigenvalue weighted by Gasteiger charge is 2.63. The number of carbonyl (C=O) groups excluding carboxylic acids is 3. The van der Waals surface area contributed by atoms with Gasteiger partial charge in [0.2, 0.25) is 5.78 Å². The van der Waals surface area contributed by atoms with Crippen LogP contribution in [0, 0.1) is 11.8 Å². The zero-order valence-corrected chi connectivity index (χ0v) is 19.2. The molecule has 4 unspecified atom stereocenters. The number of primary amides is 1. The molecule has 0 aromatic heterocycles. The third kappa shape index (κ3) is 3.13. The summed E-state index contributed by atoms with van der Waals surface area (Å²) in [5.74, 6) is -8.64. The van der Waals surface area contributed by atoms with E-state index in [0.29, 0.717) is 16.2 Å². The maximum absolute atomic E-state index is 13.6. The summed E-state index contributed by atoms with van der Waals surface area (Å²) < 4.78 is 0. The number of phenols is 1. The number of phenolic OH excluding ortho intramolecular Hbond substituents is 1. The molecule has 2 aromatic rings. The van der Waals surface area contributed by atoms with Crippen molar-refractivity contribution in [1.29, 1.82) is 0 Å². The molecule has 4 atom stereocenters. The molecule has 7 N–H and O–H groups in total. The minimum absolute atomic E-state index is 0.193. The van der Waals surface area contributed by atoms with Gasteiger partial charge in [0.15, 0.2) is 11.4 Å². The Morgan fingerprint density at radius 1 is 1.08 bits per heavy atom. The molecule has 36 heavy (non-hydrogen) atoms. The second-order valence-corrected chi connectivity index (χ2v) is 9.44. The van der Waals surface area contributed by atoms with Crippen molar-refractivity contribution in [3.8, 4) is 5.75 Å². The second-order valence-electron chi connectivity index (χ2n) is 9.00. The molecule has 0 saturated carbocycles. The zero-order valence-electron chi connectivity index (χ0n) is 18.5. The lowest BCUT2D eigenvalue weighted by molar-refractivity contribution is -0.152. The molecule has 1 amide bonds. The van der Waals surface area contributed by atoms with Crippen molar-refractivity contribution in [3.05, 3.63) is 86.8 Å². The molecule has 0 spiro atoms. The lowest BCUT2D eigenvalue weighted by atomic mass is 9.57. The zero-order chi connectivity index (χ0) is 26.1. The summed E-state index contributed by atoms with van der Waals surface area (Å²) in [7, 11) is 0. The number of aliphatic hydroxyl groups is 4. The molecule has 0 heterocycles. The number of nitrogens with two attached hydrogens (primary N) is 1. The molecule has 0 saturated heterocycles. The second kappa shape index (κ2) is 8.06. The number of rotatable bonds is 2. The van der Waals surface area contributed by atoms with E-state index in [1.807, 2.05) is 0 Å². The summed E-state index contributed by atoms with van der Waals surface area (Å²) in [6.07, 6.45) is -0.605. The summed E-state index contributed by atoms with van der Waals surface area (Å²) in [6.45, 7) is 0. The number of hydrogen-bond acceptors (Lipinski definition) is 8. The molecule has 2 aromatic carbocycles. The number of aliphatic hydroxyl groups excluding tert-OH is 3. The van der Waals surface area contributed by atoms with Crippen LogP contribution in [0.1, 0.15) is 27.9 Å². The van der Waals surface area contributed by atoms with Crippen molar-refractivity contribution in [2.45, 2.75) is 18.1 Å². The van der Waals surface area contributed by atoms with Gasteiger partial charge in [0.05, 0.1) is 17.2 Å². The molecular formula is C26H20ClNO8. The number of amides is 1. The van der Waals surface area contributed by atoms with E-state index >= 15 is 0 Å². The van der Waals surface area contributed by atoms with E-state index in [4.69, 9.17) is 17.3 Å². The Bertz CT molecular complexity index is 1450. The van der Waals surface area contributed by atoms with E-state index < -0.39 is 75.8 Å². The Balaban J connectivity index is 1.82. The standard InChI is InChI=1S/C26H20ClNO8/c27-11-6-4-10(5-7-11)8-13-12-2-1-3-15(29)17(12)22(32)20-18(13)21(31)14-9-16(30)19(25(28)35)23(33)26(14,36)24(20)34/h1-8,14,18,21,29-31,34,36H,9H2,(H2,28,35)/b13-8+. The number of aromatic hydroxyl groups is 1. The number of carbonyl (C=O) groups is 3. The number of Topliss-reactive ketones (excluding diaryl/α,β-unsaturated/α-hetero) is 2. The lowest BCUT2D eigenvalue weighted by Gasteiger charge is -2.49. The van der Waals surface area contributed by atoms with Crippen LogP contribution < -0.4 is 5.73 Å². The summed E-state index contributed by atoms with van der Waals surface area (Å²) in [5.41, 5.74) is 1.89. The average molecular weight is 510 g/mol. The van der Waals surface area contributed by atoms with E-state index in [1.165, 1.54) is 12.1 Å². The fraction of sp³-hybridized carbons (Fsp3) is 0.192. The predicted molar refractivity (Wildman–Crippen MR) is 128 cm³/mol. The molecular weight excluding hydrogens is 490 g/mol. The van der Waals surface area contributed by atoms with E-state index in [-0.39, 0.29) is 11.1 Å². The van der Waals surface area contributed by atoms with E-state index in [1.54, 1.807) is 36.4 Å². The molecule has 9 nitrogen and oxygen atoms in total. The first-order chi connectivity index (χ1) is 17.0. The Kier molecular flexibility index (Phi) is 5.33. The Morgan fingerprint density at radius 2 is 1.75 bits per heavy atom. The van der Waals surface area contributed by atoms with Gasteiger partial charge in [-0.25, -0.2) is 0 Å². The monoisotopic (exact) mass is 509 g/mol. The molecule has 0 fully saturated rings. The van der Waals surface area contributed by atoms with Gasteiger partial charge in [-0.05, 0) is 34.9 Å². The fourth-order valence-corrected chi connectivity index (χ4v) is 5.55. The first-order valence-corrected chi connectivity index (χ1v) is 11.3. The van der Waals surface area contributed by atoms with Crippen LogP contribution in [0.2, 0.25) is 5.02 Å². The van der Waals surface area contributed by atoms with Crippen LogP contribution in [-0.4, -0.2) is 54.7 Å². The first-order valence-electron chi connectivity index (χ1n) is 10.9. The summed E-state index contributed by atoms with van der Waals surface area (Å²) >= 11 is 5.98. The van der Waals surface area contributed by atoms with Gasteiger partial charge in [0, 0.05) is 23.3 Å². The van der Waals surface area contributed by atoms with Crippen LogP contribution in [0.3, 0.4) is 0 Å². The van der Waals surface area contributed by atoms with Gasteiger partial charge in [-0.15, -0.1) is 0 Å². The number of hydrogen-bond donors (Lipinski definition) is 6. The van der Waals surface area contributed by atoms with Crippen LogP contribution in [0.4, 0.5) is 0 Å². The van der Waals surface area contributed by atoms with Crippen molar-refractivity contribution in [3.63, 3.8) is 0 Å². The van der Waals surface area contributed by atoms with Crippen molar-refractivity contribution < 1.29 is 39.9 Å². The maximum Gasteiger partial charge on any atom is 0.255 e. The number of benzene rings is 2. The molecule has 184 valence electrons. The smallest absolute Gasteiger partial charge is 0.255 e. The highest BCUT2D eigenvalue weighted by molar-refractivity contribution is 6.30. The summed E-state index contributed by atoms with van der Waals surface area (Å²) in [5, 5.41) is 55.4. The van der Waals surface area contributed by atoms with Gasteiger partial charge in [-0.1, -0.05) is 41.9 Å². The lowest BCUT2D eigenvalue weighted by Crippen LogP contribution is -2.62. The quantitative estimate of drug-likeness (QED) is 0.333. The maximum atomic E-state index is 13.6. The number of halogens is 1. The fourth-order valence-electron chi connectivity index (χ4n) is 5.42. The van der Waals surface area contributed by atoms with Crippen molar-refractivity contribution in [2.75, 3.05) is 0 Å². The van der Waals surface area contributed by atoms with Gasteiger partial charge in [-0.3, -0.25) is 14.4 Å². The highest BCUT2D eigenvalue weighted by atomic mass is 35.5. The van der Waals surface area contributed by atoms with Gasteiger partial charge in [0.25, 0.3) is 5.91 Å². The van der Waals surface area contributed by atoms with Gasteiger partial charge in [-0.2, -0.15) is 0 Å². The number of ketones is 2. The third-order valence-electron chi connectivity index (χ3n) is 7.09. The first kappa shape index (κ1) is 23.8. The van der Waals surface area contributed by atoms with Crippen LogP contribution >= 0.6 is 11.6 Å². The molecule has 0 bridgehead atoms. The van der Waals surface area contributed by atoms with Crippen molar-refractivity contribution in [1.82, 2.24) is 0 Å². The van der Waals surface area contributed by atoms with Gasteiger partial charge < -0.3 is 31.3 Å². The predicted octanol–water partition coefficient (Wildman–Crippen LogP) is 2.20. The van der Waals surface area contributed by atoms with E-state index in [2.05, 4.69) is 0 Å².